The van der Waals surface area contributed by atoms with Crippen molar-refractivity contribution in [3.8, 4) is 0 Å². The minimum Gasteiger partial charge on any atom is -0.356 e. The van der Waals surface area contributed by atoms with E-state index in [1.54, 1.807) is 6.07 Å². The maximum absolute atomic E-state index is 13.9. The Kier molecular flexibility index (Phi) is 6.41. The summed E-state index contributed by atoms with van der Waals surface area (Å²) in [7, 11) is 0. The lowest BCUT2D eigenvalue weighted by atomic mass is 9.93. The van der Waals surface area contributed by atoms with Crippen LogP contribution < -0.4 is 4.90 Å². The van der Waals surface area contributed by atoms with Gasteiger partial charge < -0.3 is 4.90 Å². The van der Waals surface area contributed by atoms with E-state index in [0.717, 1.165) is 56.2 Å². The molecule has 0 spiro atoms. The smallest absolute Gasteiger partial charge is 0.356 e. The Labute approximate surface area is 180 Å². The summed E-state index contributed by atoms with van der Waals surface area (Å²) in [5, 5.41) is 0.665. The van der Waals surface area contributed by atoms with Crippen molar-refractivity contribution in [1.29, 1.82) is 0 Å². The van der Waals surface area contributed by atoms with Crippen LogP contribution in [0.25, 0.3) is 10.2 Å². The first kappa shape index (κ1) is 21.9. The highest BCUT2D eigenvalue weighted by Gasteiger charge is 2.29. The molecular weight excluding hydrogens is 433 g/mol. The Hall–Kier alpha value is -2.29. The molecule has 1 fully saturated rings. The summed E-state index contributed by atoms with van der Waals surface area (Å²) >= 11 is 1.06. The predicted molar refractivity (Wildman–Crippen MR) is 111 cm³/mol. The van der Waals surface area contributed by atoms with E-state index < -0.39 is 24.2 Å². The minimum atomic E-state index is -4.26. The number of aryl methyl sites for hydroxylation is 1. The zero-order valence-electron chi connectivity index (χ0n) is 16.8. The van der Waals surface area contributed by atoms with Gasteiger partial charge in [-0.25, -0.2) is 18.7 Å². The molecule has 1 aliphatic heterocycles. The molecule has 166 valence electrons. The number of anilines is 1. The molecule has 0 amide bonds. The molecule has 31 heavy (non-hydrogen) atoms. The molecule has 3 heterocycles. The molecule has 0 bridgehead atoms. The normalized spacial score (nSPS) is 17.8. The third kappa shape index (κ3) is 5.50. The van der Waals surface area contributed by atoms with Gasteiger partial charge in [-0.3, -0.25) is 0 Å². The minimum absolute atomic E-state index is 0.235. The van der Waals surface area contributed by atoms with Crippen molar-refractivity contribution in [2.75, 3.05) is 18.0 Å². The number of alkyl halides is 3. The SMILES string of the molecule is Fc1ccc(CC[C@H]2CCCN(c3ncnc4sc(CC(F)(F)F)cc34)CC2)c(F)c1. The summed E-state index contributed by atoms with van der Waals surface area (Å²) in [6, 6.07) is 5.25. The number of aromatic nitrogens is 2. The maximum atomic E-state index is 13.9. The number of nitrogens with zero attached hydrogens (tertiary/aromatic N) is 3. The third-order valence-corrected chi connectivity index (χ3v) is 6.76. The van der Waals surface area contributed by atoms with Crippen molar-refractivity contribution in [1.82, 2.24) is 9.97 Å². The highest BCUT2D eigenvalue weighted by molar-refractivity contribution is 7.18. The first-order valence-corrected chi connectivity index (χ1v) is 11.1. The first-order chi connectivity index (χ1) is 14.8. The number of hydrogen-bond donors (Lipinski definition) is 0. The zero-order valence-corrected chi connectivity index (χ0v) is 17.6. The van der Waals surface area contributed by atoms with Crippen LogP contribution in [0.2, 0.25) is 0 Å². The average molecular weight is 455 g/mol. The van der Waals surface area contributed by atoms with Crippen LogP contribution in [0.1, 0.15) is 36.1 Å². The lowest BCUT2D eigenvalue weighted by Gasteiger charge is -2.22. The Morgan fingerprint density at radius 2 is 1.90 bits per heavy atom. The van der Waals surface area contributed by atoms with Crippen LogP contribution in [0, 0.1) is 17.6 Å². The van der Waals surface area contributed by atoms with Crippen molar-refractivity contribution in [3.63, 3.8) is 0 Å². The van der Waals surface area contributed by atoms with Gasteiger partial charge in [0.05, 0.1) is 11.8 Å². The van der Waals surface area contributed by atoms with Crippen LogP contribution in [-0.4, -0.2) is 29.2 Å². The molecule has 0 radical (unpaired) electrons. The van der Waals surface area contributed by atoms with Crippen LogP contribution in [0.5, 0.6) is 0 Å². The molecule has 2 aromatic heterocycles. The molecule has 1 aliphatic rings. The van der Waals surface area contributed by atoms with E-state index in [1.807, 2.05) is 0 Å². The number of benzene rings is 1. The van der Waals surface area contributed by atoms with Gasteiger partial charge in [0.25, 0.3) is 0 Å². The summed E-state index contributed by atoms with van der Waals surface area (Å²) < 4.78 is 65.3. The lowest BCUT2D eigenvalue weighted by molar-refractivity contribution is -0.126. The van der Waals surface area contributed by atoms with Crippen LogP contribution >= 0.6 is 11.3 Å². The molecule has 3 aromatic rings. The fraction of sp³-hybridized carbons (Fsp3) is 0.455. The van der Waals surface area contributed by atoms with Gasteiger partial charge in [-0.1, -0.05) is 6.07 Å². The Morgan fingerprint density at radius 3 is 2.68 bits per heavy atom. The molecule has 0 aliphatic carbocycles. The standard InChI is InChI=1S/C22H22F5N3S/c23-16-6-5-15(19(24)10-16)4-3-14-2-1-8-30(9-7-14)20-18-11-17(12-22(25,26)27)31-21(18)29-13-28-20/h5-6,10-11,13-14H,1-4,7-9,12H2/t14-/m1/s1. The van der Waals surface area contributed by atoms with Gasteiger partial charge in [-0.15, -0.1) is 11.3 Å². The predicted octanol–water partition coefficient (Wildman–Crippen LogP) is 6.31. The molecule has 0 unspecified atom stereocenters. The van der Waals surface area contributed by atoms with Gasteiger partial charge in [0.2, 0.25) is 0 Å². The van der Waals surface area contributed by atoms with Crippen molar-refractivity contribution in [3.05, 3.63) is 52.7 Å². The van der Waals surface area contributed by atoms with E-state index in [2.05, 4.69) is 14.9 Å². The van der Waals surface area contributed by atoms with E-state index >= 15 is 0 Å². The van der Waals surface area contributed by atoms with Crippen LogP contribution in [0.4, 0.5) is 27.8 Å². The second kappa shape index (κ2) is 9.06. The second-order valence-electron chi connectivity index (χ2n) is 7.98. The van der Waals surface area contributed by atoms with Crippen LogP contribution in [0.15, 0.2) is 30.6 Å². The fourth-order valence-electron chi connectivity index (χ4n) is 4.18. The fourth-order valence-corrected chi connectivity index (χ4v) is 5.20. The maximum Gasteiger partial charge on any atom is 0.393 e. The molecular formula is C22H22F5N3S. The van der Waals surface area contributed by atoms with E-state index in [4.69, 9.17) is 0 Å². The summed E-state index contributed by atoms with van der Waals surface area (Å²) in [6.45, 7) is 1.49. The highest BCUT2D eigenvalue weighted by Crippen LogP contribution is 2.35. The number of rotatable bonds is 5. The number of fused-ring (bicyclic) bond motifs is 1. The van der Waals surface area contributed by atoms with Crippen LogP contribution in [0.3, 0.4) is 0 Å². The molecule has 1 atom stereocenters. The summed E-state index contributed by atoms with van der Waals surface area (Å²) in [5.41, 5.74) is 0.524. The number of thiophene rings is 1. The Bertz CT molecular complexity index is 1050. The summed E-state index contributed by atoms with van der Waals surface area (Å²) in [4.78, 5) is 11.4. The van der Waals surface area contributed by atoms with Crippen molar-refractivity contribution < 1.29 is 22.0 Å². The summed E-state index contributed by atoms with van der Waals surface area (Å²) in [5.74, 6) is -0.00459. The van der Waals surface area contributed by atoms with Gasteiger partial charge in [0.1, 0.15) is 28.6 Å². The van der Waals surface area contributed by atoms with Crippen molar-refractivity contribution in [2.45, 2.75) is 44.7 Å². The van der Waals surface area contributed by atoms with Gasteiger partial charge in [0.15, 0.2) is 0 Å². The van der Waals surface area contributed by atoms with Crippen LogP contribution in [-0.2, 0) is 12.8 Å². The van der Waals surface area contributed by atoms with E-state index in [0.29, 0.717) is 33.9 Å². The molecule has 4 rings (SSSR count). The van der Waals surface area contributed by atoms with Gasteiger partial charge in [-0.2, -0.15) is 13.2 Å². The molecule has 1 saturated heterocycles. The first-order valence-electron chi connectivity index (χ1n) is 10.3. The Morgan fingerprint density at radius 1 is 1.06 bits per heavy atom. The van der Waals surface area contributed by atoms with E-state index in [-0.39, 0.29) is 4.88 Å². The largest absolute Gasteiger partial charge is 0.393 e. The highest BCUT2D eigenvalue weighted by atomic mass is 32.1. The van der Waals surface area contributed by atoms with Gasteiger partial charge in [-0.05, 0) is 55.7 Å². The van der Waals surface area contributed by atoms with Gasteiger partial charge in [0, 0.05) is 24.0 Å². The topological polar surface area (TPSA) is 29.0 Å². The molecule has 0 N–H and O–H groups in total. The average Bonchev–Trinajstić information content (AvgIpc) is 2.94. The Balaban J connectivity index is 1.43. The second-order valence-corrected chi connectivity index (χ2v) is 9.09. The van der Waals surface area contributed by atoms with E-state index in [1.165, 1.54) is 18.5 Å². The van der Waals surface area contributed by atoms with Gasteiger partial charge >= 0.3 is 6.18 Å². The quantitative estimate of drug-likeness (QED) is 0.422. The third-order valence-electron chi connectivity index (χ3n) is 5.72. The number of hydrogen-bond acceptors (Lipinski definition) is 4. The zero-order chi connectivity index (χ0) is 22.0. The molecule has 0 saturated carbocycles. The monoisotopic (exact) mass is 455 g/mol. The molecule has 9 heteroatoms. The lowest BCUT2D eigenvalue weighted by Crippen LogP contribution is -2.25. The summed E-state index contributed by atoms with van der Waals surface area (Å²) in [6.07, 6.45) is 0.338. The molecule has 3 nitrogen and oxygen atoms in total. The van der Waals surface area contributed by atoms with Crippen molar-refractivity contribution in [2.24, 2.45) is 5.92 Å². The number of halogens is 5. The van der Waals surface area contributed by atoms with E-state index in [9.17, 15) is 22.0 Å². The van der Waals surface area contributed by atoms with Crippen molar-refractivity contribution >= 4 is 27.4 Å². The molecule has 1 aromatic carbocycles.